The first-order valence-corrected chi connectivity index (χ1v) is 20.1. The second kappa shape index (κ2) is 27.0. The van der Waals surface area contributed by atoms with Crippen LogP contribution in [0.2, 0.25) is 0 Å². The first-order valence-electron chi connectivity index (χ1n) is 17.5. The molecule has 3 aromatic rings. The molecule has 0 radical (unpaired) electrons. The maximum Gasteiger partial charge on any atom is 0.357 e. The lowest BCUT2D eigenvalue weighted by Crippen LogP contribution is -2.25. The molecule has 14 heteroatoms. The molecule has 0 aromatic carbocycles. The van der Waals surface area contributed by atoms with Gasteiger partial charge in [0.05, 0.1) is 11.1 Å². The van der Waals surface area contributed by atoms with E-state index in [9.17, 15) is 28.8 Å². The molecule has 1 aliphatic rings. The van der Waals surface area contributed by atoms with E-state index < -0.39 is 23.9 Å². The molecule has 0 atom stereocenters. The van der Waals surface area contributed by atoms with Crippen molar-refractivity contribution < 1.29 is 43.7 Å². The number of hydrogen-bond acceptors (Lipinski definition) is 11. The van der Waals surface area contributed by atoms with E-state index >= 15 is 0 Å². The third kappa shape index (κ3) is 17.4. The Morgan fingerprint density at radius 3 is 1.78 bits per heavy atom. The molecule has 5 N–H and O–H groups in total. The van der Waals surface area contributed by atoms with Crippen LogP contribution in [0.4, 0.5) is 0 Å². The van der Waals surface area contributed by atoms with Gasteiger partial charge in [-0.3, -0.25) is 9.59 Å². The lowest BCUT2D eigenvalue weighted by atomic mass is 10.0. The third-order valence-electron chi connectivity index (χ3n) is 7.40. The van der Waals surface area contributed by atoms with Crippen LogP contribution in [0.15, 0.2) is 34.3 Å². The van der Waals surface area contributed by atoms with E-state index in [-0.39, 0.29) is 27.0 Å². The second-order valence-electron chi connectivity index (χ2n) is 11.5. The van der Waals surface area contributed by atoms with E-state index in [4.69, 9.17) is 15.9 Å². The summed E-state index contributed by atoms with van der Waals surface area (Å²) in [6, 6.07) is 4.66. The number of nitrogens with one attached hydrogen (secondary N) is 1. The smallest absolute Gasteiger partial charge is 0.357 e. The van der Waals surface area contributed by atoms with Gasteiger partial charge in [0.15, 0.2) is 5.78 Å². The van der Waals surface area contributed by atoms with Gasteiger partial charge in [-0.2, -0.15) is 0 Å². The van der Waals surface area contributed by atoms with Crippen LogP contribution < -0.4 is 11.1 Å². The Labute approximate surface area is 312 Å². The number of thiophene rings is 3. The first kappa shape index (κ1) is 45.3. The number of carbonyl (C=O) groups is 6. The molecular weight excluding hydrogens is 713 g/mol. The summed E-state index contributed by atoms with van der Waals surface area (Å²) >= 11 is 3.50. The molecule has 51 heavy (non-hydrogen) atoms. The highest BCUT2D eigenvalue weighted by atomic mass is 32.1. The molecule has 11 nitrogen and oxygen atoms in total. The molecule has 0 saturated heterocycles. The number of carboxylic acid groups (broad SMARTS) is 2. The highest BCUT2D eigenvalue weighted by Gasteiger charge is 2.30. The minimum atomic E-state index is -1.05. The number of ether oxygens (including phenoxy) is 1. The van der Waals surface area contributed by atoms with Gasteiger partial charge in [0.2, 0.25) is 0 Å². The van der Waals surface area contributed by atoms with E-state index in [0.717, 1.165) is 74.2 Å². The molecule has 4 rings (SSSR count). The quantitative estimate of drug-likeness (QED) is 0.0396. The SMILES string of the molecule is CCCCCCCC(=O)c1ccsc1C(=O)O.CCCCCCN.CCCCCCNC(=O)c1sccc1C(=O)O.O=C1OC(=O)c2sccc21. The highest BCUT2D eigenvalue weighted by Crippen LogP contribution is 2.24. The summed E-state index contributed by atoms with van der Waals surface area (Å²) in [4.78, 5) is 67.5. The zero-order valence-corrected chi connectivity index (χ0v) is 32.3. The van der Waals surface area contributed by atoms with E-state index in [1.807, 2.05) is 0 Å². The van der Waals surface area contributed by atoms with Crippen molar-refractivity contribution in [2.24, 2.45) is 5.73 Å². The minimum absolute atomic E-state index is 0.0415. The van der Waals surface area contributed by atoms with Gasteiger partial charge >= 0.3 is 23.9 Å². The Balaban J connectivity index is 0.000000358. The van der Waals surface area contributed by atoms with E-state index in [1.165, 1.54) is 55.9 Å². The average molecular weight is 765 g/mol. The summed E-state index contributed by atoms with van der Waals surface area (Å²) in [5, 5.41) is 25.5. The lowest BCUT2D eigenvalue weighted by molar-refractivity contribution is 0.0443. The molecule has 282 valence electrons. The Bertz CT molecular complexity index is 1400. The van der Waals surface area contributed by atoms with Crippen LogP contribution in [0.1, 0.15) is 171 Å². The number of carbonyl (C=O) groups excluding carboxylic acids is 4. The lowest BCUT2D eigenvalue weighted by Gasteiger charge is -2.04. The number of cyclic esters (lactones) is 2. The standard InChI is InChI=1S/C13H18O3S.C12H17NO3S.C6H15N.C6H2O3S/c1-2-3-4-5-6-7-11(14)10-8-9-17-12(10)13(15)16;1-2-3-4-5-7-13-11(14)10-9(12(15)16)6-8-17-10;1-2-3-4-5-6-7;7-5-3-1-2-10-4(3)6(8)9-5/h8-9H,2-7H2,1H3,(H,15,16);6,8H,2-5,7H2,1H3,(H,13,14)(H,15,16);2-7H2,1H3;1-2H. The van der Waals surface area contributed by atoms with E-state index in [2.05, 4.69) is 30.8 Å². The number of amides is 1. The maximum absolute atomic E-state index is 11.8. The Morgan fingerprint density at radius 1 is 0.667 bits per heavy atom. The third-order valence-corrected chi connectivity index (χ3v) is 10.1. The van der Waals surface area contributed by atoms with Crippen molar-refractivity contribution in [3.63, 3.8) is 0 Å². The number of fused-ring (bicyclic) bond motifs is 1. The molecule has 0 spiro atoms. The minimum Gasteiger partial charge on any atom is -0.478 e. The molecule has 0 bridgehead atoms. The van der Waals surface area contributed by atoms with Gasteiger partial charge in [0, 0.05) is 18.5 Å². The molecule has 1 aliphatic heterocycles. The largest absolute Gasteiger partial charge is 0.478 e. The Hall–Kier alpha value is -3.72. The summed E-state index contributed by atoms with van der Waals surface area (Å²) < 4.78 is 4.30. The summed E-state index contributed by atoms with van der Waals surface area (Å²) in [6.07, 6.45) is 15.4. The van der Waals surface area contributed by atoms with Crippen molar-refractivity contribution in [2.75, 3.05) is 13.1 Å². The average Bonchev–Trinajstić information content (AvgIpc) is 3.93. The predicted molar refractivity (Wildman–Crippen MR) is 204 cm³/mol. The summed E-state index contributed by atoms with van der Waals surface area (Å²) in [6.45, 7) is 7.95. The van der Waals surface area contributed by atoms with Gasteiger partial charge in [0.25, 0.3) is 5.91 Å². The summed E-state index contributed by atoms with van der Waals surface area (Å²) in [7, 11) is 0. The van der Waals surface area contributed by atoms with Crippen LogP contribution in [0.3, 0.4) is 0 Å². The highest BCUT2D eigenvalue weighted by molar-refractivity contribution is 7.13. The Kier molecular flexibility index (Phi) is 24.0. The van der Waals surface area contributed by atoms with E-state index in [1.54, 1.807) is 28.3 Å². The topological polar surface area (TPSA) is 190 Å². The van der Waals surface area contributed by atoms with Gasteiger partial charge in [-0.1, -0.05) is 85.0 Å². The van der Waals surface area contributed by atoms with Gasteiger partial charge in [0.1, 0.15) is 14.6 Å². The normalized spacial score (nSPS) is 11.1. The van der Waals surface area contributed by atoms with Crippen LogP contribution in [-0.2, 0) is 4.74 Å². The molecular formula is C37H52N2O9S3. The molecule has 1 amide bonds. The molecule has 0 aliphatic carbocycles. The number of aromatic carboxylic acids is 2. The number of ketones is 1. The van der Waals surface area contributed by atoms with Crippen LogP contribution in [0.5, 0.6) is 0 Å². The number of hydrogen-bond donors (Lipinski definition) is 4. The molecule has 0 unspecified atom stereocenters. The fraction of sp³-hybridized carbons (Fsp3) is 0.514. The zero-order chi connectivity index (χ0) is 38.0. The predicted octanol–water partition coefficient (Wildman–Crippen LogP) is 9.33. The van der Waals surface area contributed by atoms with Crippen LogP contribution in [0, 0.1) is 0 Å². The van der Waals surface area contributed by atoms with Crippen molar-refractivity contribution in [1.82, 2.24) is 5.32 Å². The summed E-state index contributed by atoms with van der Waals surface area (Å²) in [5.74, 6) is -3.43. The first-order chi connectivity index (χ1) is 24.5. The molecule has 4 heterocycles. The van der Waals surface area contributed by atoms with Crippen LogP contribution in [0.25, 0.3) is 0 Å². The number of esters is 2. The van der Waals surface area contributed by atoms with Crippen molar-refractivity contribution in [3.05, 3.63) is 65.7 Å². The van der Waals surface area contributed by atoms with E-state index in [0.29, 0.717) is 29.0 Å². The van der Waals surface area contributed by atoms with Gasteiger partial charge < -0.3 is 26.0 Å². The molecule has 3 aromatic heterocycles. The number of carboxylic acids is 2. The number of unbranched alkanes of at least 4 members (excludes halogenated alkanes) is 10. The van der Waals surface area contributed by atoms with Crippen molar-refractivity contribution in [2.45, 2.75) is 111 Å². The number of nitrogens with two attached hydrogens (primary N) is 1. The second-order valence-corrected chi connectivity index (χ2v) is 14.3. The van der Waals surface area contributed by atoms with Crippen LogP contribution in [-0.4, -0.2) is 58.9 Å². The number of rotatable bonds is 19. The zero-order valence-electron chi connectivity index (χ0n) is 29.8. The maximum atomic E-state index is 11.8. The van der Waals surface area contributed by atoms with Gasteiger partial charge in [-0.15, -0.1) is 34.0 Å². The summed E-state index contributed by atoms with van der Waals surface area (Å²) in [5.41, 5.74) is 6.12. The monoisotopic (exact) mass is 764 g/mol. The number of Topliss-reactive ketones (excluding diaryl/α,β-unsaturated/α-hetero) is 1. The molecule has 0 fully saturated rings. The van der Waals surface area contributed by atoms with Gasteiger partial charge in [-0.25, -0.2) is 19.2 Å². The fourth-order valence-corrected chi connectivity index (χ4v) is 6.90. The van der Waals surface area contributed by atoms with Crippen molar-refractivity contribution in [1.29, 1.82) is 0 Å². The van der Waals surface area contributed by atoms with Crippen molar-refractivity contribution in [3.8, 4) is 0 Å². The van der Waals surface area contributed by atoms with Crippen LogP contribution >= 0.6 is 34.0 Å². The molecule has 0 saturated carbocycles. The van der Waals surface area contributed by atoms with Crippen molar-refractivity contribution >= 4 is 69.6 Å². The fourth-order valence-electron chi connectivity index (χ4n) is 4.59. The van der Waals surface area contributed by atoms with Gasteiger partial charge in [-0.05, 0) is 60.1 Å². The Morgan fingerprint density at radius 2 is 1.22 bits per heavy atom.